The molecular weight excluding hydrogens is 258 g/mol. The van der Waals surface area contributed by atoms with Gasteiger partial charge in [0, 0.05) is 0 Å². The van der Waals surface area contributed by atoms with Gasteiger partial charge in [0.1, 0.15) is 0 Å². The number of quaternary nitrogens is 1. The second kappa shape index (κ2) is 12.9. The molecule has 0 aliphatic heterocycles. The van der Waals surface area contributed by atoms with Crippen LogP contribution in [0.25, 0.3) is 0 Å². The summed E-state index contributed by atoms with van der Waals surface area (Å²) in [4.78, 5) is 18.0. The van der Waals surface area contributed by atoms with E-state index < -0.39 is 11.9 Å². The van der Waals surface area contributed by atoms with Gasteiger partial charge in [0.2, 0.25) is 0 Å². The number of carbonyl (C=O) groups is 2. The number of rotatable bonds is 9. The lowest BCUT2D eigenvalue weighted by Crippen LogP contribution is -2.46. The van der Waals surface area contributed by atoms with Crippen LogP contribution in [0.15, 0.2) is 0 Å². The number of unbranched alkanes of at least 4 members (excludes halogenated alkanes) is 3. The SMILES string of the molecule is CCCC[N+](C)(CCCC)CCCC.O=C([O-])C(=O)O. The third-order valence-corrected chi connectivity index (χ3v) is 3.33. The minimum absolute atomic E-state index is 1.32. The molecule has 0 bridgehead atoms. The summed E-state index contributed by atoms with van der Waals surface area (Å²) in [6.45, 7) is 11.0. The highest BCUT2D eigenvalue weighted by Crippen LogP contribution is 2.10. The van der Waals surface area contributed by atoms with Crippen LogP contribution in [0.2, 0.25) is 0 Å². The Balaban J connectivity index is 0. The minimum atomic E-state index is -2.07. The van der Waals surface area contributed by atoms with Crippen molar-refractivity contribution < 1.29 is 24.3 Å². The van der Waals surface area contributed by atoms with Gasteiger partial charge >= 0.3 is 5.97 Å². The molecule has 0 aliphatic rings. The van der Waals surface area contributed by atoms with Crippen molar-refractivity contribution in [1.29, 1.82) is 0 Å². The molecule has 0 unspecified atom stereocenters. The molecule has 120 valence electrons. The molecule has 5 heteroatoms. The smallest absolute Gasteiger partial charge is 0.351 e. The van der Waals surface area contributed by atoms with E-state index in [0.717, 1.165) is 0 Å². The van der Waals surface area contributed by atoms with E-state index in [1.165, 1.54) is 62.6 Å². The highest BCUT2D eigenvalue weighted by Gasteiger charge is 2.18. The molecule has 0 spiro atoms. The van der Waals surface area contributed by atoms with Crippen molar-refractivity contribution in [2.45, 2.75) is 59.3 Å². The largest absolute Gasteiger partial charge is 0.539 e. The first kappa shape index (κ1) is 21.2. The zero-order chi connectivity index (χ0) is 16.0. The average Bonchev–Trinajstić information content (AvgIpc) is 2.41. The van der Waals surface area contributed by atoms with Crippen molar-refractivity contribution in [2.75, 3.05) is 26.7 Å². The Kier molecular flexibility index (Phi) is 13.7. The first-order valence-electron chi connectivity index (χ1n) is 7.60. The standard InChI is InChI=1S/C13H30N.C2H2O4/c1-5-8-11-14(4,12-9-6-2)13-10-7-3;3-1(4)2(5)6/h5-13H2,1-4H3;(H,3,4)(H,5,6)/q+1;/p-1. The monoisotopic (exact) mass is 289 g/mol. The van der Waals surface area contributed by atoms with Crippen LogP contribution in [-0.4, -0.2) is 48.2 Å². The zero-order valence-electron chi connectivity index (χ0n) is 13.5. The van der Waals surface area contributed by atoms with Crippen LogP contribution in [0.1, 0.15) is 59.3 Å². The maximum absolute atomic E-state index is 9.04. The van der Waals surface area contributed by atoms with Crippen LogP contribution in [0.3, 0.4) is 0 Å². The molecule has 0 aliphatic carbocycles. The lowest BCUT2D eigenvalue weighted by molar-refractivity contribution is -0.910. The van der Waals surface area contributed by atoms with Crippen molar-refractivity contribution in [3.05, 3.63) is 0 Å². The van der Waals surface area contributed by atoms with Crippen LogP contribution in [-0.2, 0) is 9.59 Å². The van der Waals surface area contributed by atoms with Gasteiger partial charge in [0.25, 0.3) is 0 Å². The molecule has 20 heavy (non-hydrogen) atoms. The van der Waals surface area contributed by atoms with Crippen LogP contribution in [0.5, 0.6) is 0 Å². The summed E-state index contributed by atoms with van der Waals surface area (Å²) in [5.74, 6) is -4.01. The second-order valence-electron chi connectivity index (χ2n) is 5.44. The number of carboxylic acids is 2. The summed E-state index contributed by atoms with van der Waals surface area (Å²) in [6.07, 6.45) is 8.20. The normalized spacial score (nSPS) is 10.6. The van der Waals surface area contributed by atoms with E-state index in [9.17, 15) is 0 Å². The van der Waals surface area contributed by atoms with Crippen molar-refractivity contribution in [2.24, 2.45) is 0 Å². The quantitative estimate of drug-likeness (QED) is 0.517. The topological polar surface area (TPSA) is 77.4 Å². The third kappa shape index (κ3) is 13.3. The molecule has 0 saturated heterocycles. The lowest BCUT2D eigenvalue weighted by atomic mass is 10.2. The summed E-state index contributed by atoms with van der Waals surface area (Å²) >= 11 is 0. The molecule has 5 nitrogen and oxygen atoms in total. The molecule has 1 N–H and O–H groups in total. The second-order valence-corrected chi connectivity index (χ2v) is 5.44. The Labute approximate surface area is 123 Å². The molecule has 0 aromatic heterocycles. The van der Waals surface area contributed by atoms with E-state index in [1.54, 1.807) is 0 Å². The van der Waals surface area contributed by atoms with E-state index in [1.807, 2.05) is 0 Å². The first-order valence-corrected chi connectivity index (χ1v) is 7.60. The summed E-state index contributed by atoms with van der Waals surface area (Å²) in [6, 6.07) is 0. The molecule has 0 heterocycles. The molecule has 0 rings (SSSR count). The predicted molar refractivity (Wildman–Crippen MR) is 78.2 cm³/mol. The Morgan fingerprint density at radius 1 is 0.900 bits per heavy atom. The molecule has 0 aromatic carbocycles. The summed E-state index contributed by atoms with van der Waals surface area (Å²) in [7, 11) is 2.45. The summed E-state index contributed by atoms with van der Waals surface area (Å²) in [5.41, 5.74) is 0. The van der Waals surface area contributed by atoms with E-state index in [2.05, 4.69) is 27.8 Å². The fraction of sp³-hybridized carbons (Fsp3) is 0.867. The number of nitrogens with zero attached hydrogens (tertiary/aromatic N) is 1. The van der Waals surface area contributed by atoms with Gasteiger partial charge in [0.05, 0.1) is 26.7 Å². The number of carboxylic acid groups (broad SMARTS) is 2. The molecule has 0 atom stereocenters. The number of hydrogen-bond acceptors (Lipinski definition) is 3. The van der Waals surface area contributed by atoms with Gasteiger partial charge in [0.15, 0.2) is 5.97 Å². The molecular formula is C15H31NO4. The number of carbonyl (C=O) groups excluding carboxylic acids is 1. The Hall–Kier alpha value is -1.10. The fourth-order valence-electron chi connectivity index (χ4n) is 1.95. The lowest BCUT2D eigenvalue weighted by Gasteiger charge is -2.34. The van der Waals surface area contributed by atoms with Gasteiger partial charge in [-0.05, 0) is 19.3 Å². The van der Waals surface area contributed by atoms with Crippen molar-refractivity contribution in [3.8, 4) is 0 Å². The Bertz CT molecular complexity index is 233. The third-order valence-electron chi connectivity index (χ3n) is 3.33. The van der Waals surface area contributed by atoms with E-state index in [-0.39, 0.29) is 0 Å². The van der Waals surface area contributed by atoms with Gasteiger partial charge in [-0.25, -0.2) is 4.79 Å². The summed E-state index contributed by atoms with van der Waals surface area (Å²) in [5, 5.41) is 16.3. The highest BCUT2D eigenvalue weighted by atomic mass is 16.4. The fourth-order valence-corrected chi connectivity index (χ4v) is 1.95. The van der Waals surface area contributed by atoms with Gasteiger partial charge in [-0.2, -0.15) is 0 Å². The molecule has 0 saturated carbocycles. The van der Waals surface area contributed by atoms with Crippen LogP contribution >= 0.6 is 0 Å². The van der Waals surface area contributed by atoms with Crippen LogP contribution in [0.4, 0.5) is 0 Å². The zero-order valence-corrected chi connectivity index (χ0v) is 13.5. The first-order chi connectivity index (χ1) is 9.32. The minimum Gasteiger partial charge on any atom is -0.539 e. The average molecular weight is 289 g/mol. The molecule has 0 aromatic rings. The van der Waals surface area contributed by atoms with E-state index in [4.69, 9.17) is 19.8 Å². The number of hydrogen-bond donors (Lipinski definition) is 1. The van der Waals surface area contributed by atoms with Gasteiger partial charge < -0.3 is 19.5 Å². The predicted octanol–water partition coefficient (Wildman–Crippen LogP) is 1.65. The molecule has 0 radical (unpaired) electrons. The summed E-state index contributed by atoms with van der Waals surface area (Å²) < 4.78 is 1.32. The van der Waals surface area contributed by atoms with Gasteiger partial charge in [-0.1, -0.05) is 40.0 Å². The van der Waals surface area contributed by atoms with Gasteiger partial charge in [-0.15, -0.1) is 0 Å². The van der Waals surface area contributed by atoms with Crippen LogP contribution in [0, 0.1) is 0 Å². The molecule has 0 fully saturated rings. The Morgan fingerprint density at radius 2 is 1.15 bits per heavy atom. The maximum Gasteiger partial charge on any atom is 0.351 e. The Morgan fingerprint density at radius 3 is 1.30 bits per heavy atom. The van der Waals surface area contributed by atoms with E-state index >= 15 is 0 Å². The maximum atomic E-state index is 9.04. The van der Waals surface area contributed by atoms with Crippen LogP contribution < -0.4 is 5.11 Å². The van der Waals surface area contributed by atoms with E-state index in [0.29, 0.717) is 0 Å². The van der Waals surface area contributed by atoms with Gasteiger partial charge in [-0.3, -0.25) is 0 Å². The number of aliphatic carboxylic acids is 2. The van der Waals surface area contributed by atoms with Crippen molar-refractivity contribution in [1.82, 2.24) is 0 Å². The highest BCUT2D eigenvalue weighted by molar-refractivity contribution is 6.26. The van der Waals surface area contributed by atoms with Crippen molar-refractivity contribution in [3.63, 3.8) is 0 Å². The molecule has 0 amide bonds. The van der Waals surface area contributed by atoms with Crippen molar-refractivity contribution >= 4 is 11.9 Å².